The van der Waals surface area contributed by atoms with Gasteiger partial charge in [-0.25, -0.2) is 13.6 Å². The highest BCUT2D eigenvalue weighted by Crippen LogP contribution is 2.10. The van der Waals surface area contributed by atoms with Crippen LogP contribution in [0.15, 0.2) is 18.2 Å². The van der Waals surface area contributed by atoms with Gasteiger partial charge in [0.25, 0.3) is 0 Å². The second kappa shape index (κ2) is 9.12. The van der Waals surface area contributed by atoms with Crippen LogP contribution < -0.4 is 5.32 Å². The minimum Gasteiger partial charge on any atom is -0.480 e. The van der Waals surface area contributed by atoms with Gasteiger partial charge in [-0.05, 0) is 24.1 Å². The molecular weight excluding hydrogens is 292 g/mol. The van der Waals surface area contributed by atoms with E-state index in [4.69, 9.17) is 5.11 Å². The Morgan fingerprint density at radius 1 is 1.14 bits per heavy atom. The molecule has 2 N–H and O–H groups in total. The first-order valence-electron chi connectivity index (χ1n) is 7.39. The van der Waals surface area contributed by atoms with E-state index < -0.39 is 29.6 Å². The van der Waals surface area contributed by atoms with Crippen LogP contribution in [0.2, 0.25) is 0 Å². The Hall–Kier alpha value is -1.98. The maximum absolute atomic E-state index is 13.0. The van der Waals surface area contributed by atoms with E-state index in [1.54, 1.807) is 0 Å². The summed E-state index contributed by atoms with van der Waals surface area (Å²) in [4.78, 5) is 22.9. The van der Waals surface area contributed by atoms with Crippen molar-refractivity contribution in [2.75, 3.05) is 0 Å². The van der Waals surface area contributed by atoms with Crippen LogP contribution in [0.4, 0.5) is 8.78 Å². The lowest BCUT2D eigenvalue weighted by Gasteiger charge is -2.14. The van der Waals surface area contributed by atoms with Crippen LogP contribution in [-0.4, -0.2) is 23.0 Å². The Morgan fingerprint density at radius 3 is 2.32 bits per heavy atom. The van der Waals surface area contributed by atoms with Crippen molar-refractivity contribution in [3.8, 4) is 0 Å². The number of halogens is 2. The molecule has 0 aliphatic carbocycles. The molecule has 0 aliphatic rings. The first-order chi connectivity index (χ1) is 10.4. The average molecular weight is 313 g/mol. The fourth-order valence-electron chi connectivity index (χ4n) is 2.18. The zero-order chi connectivity index (χ0) is 16.5. The molecule has 0 fully saturated rings. The van der Waals surface area contributed by atoms with Crippen molar-refractivity contribution in [2.45, 2.75) is 51.5 Å². The van der Waals surface area contributed by atoms with Crippen LogP contribution in [-0.2, 0) is 16.0 Å². The maximum atomic E-state index is 13.0. The minimum absolute atomic E-state index is 0.171. The van der Waals surface area contributed by atoms with Crippen LogP contribution in [0.1, 0.15) is 44.6 Å². The molecule has 1 atom stereocenters. The van der Waals surface area contributed by atoms with Crippen molar-refractivity contribution in [1.82, 2.24) is 5.32 Å². The summed E-state index contributed by atoms with van der Waals surface area (Å²) in [6.45, 7) is 2.05. The zero-order valence-corrected chi connectivity index (χ0v) is 12.6. The second-order valence-electron chi connectivity index (χ2n) is 5.26. The number of aliphatic carboxylic acids is 1. The molecule has 0 unspecified atom stereocenters. The summed E-state index contributed by atoms with van der Waals surface area (Å²) < 4.78 is 26.1. The number of carbonyl (C=O) groups excluding carboxylic acids is 1. The van der Waals surface area contributed by atoms with Gasteiger partial charge in [0.15, 0.2) is 0 Å². The van der Waals surface area contributed by atoms with Gasteiger partial charge >= 0.3 is 5.97 Å². The zero-order valence-electron chi connectivity index (χ0n) is 12.6. The number of amides is 1. The Kier molecular flexibility index (Phi) is 7.49. The number of carbonyl (C=O) groups is 2. The van der Waals surface area contributed by atoms with E-state index in [1.807, 2.05) is 0 Å². The van der Waals surface area contributed by atoms with E-state index in [-0.39, 0.29) is 12.0 Å². The molecule has 0 aliphatic heterocycles. The highest BCUT2D eigenvalue weighted by molar-refractivity contribution is 5.84. The predicted octanol–water partition coefficient (Wildman–Crippen LogP) is 3.05. The van der Waals surface area contributed by atoms with E-state index >= 15 is 0 Å². The number of hydrogen-bond donors (Lipinski definition) is 2. The molecule has 6 heteroatoms. The van der Waals surface area contributed by atoms with Gasteiger partial charge in [-0.15, -0.1) is 0 Å². The third-order valence-corrected chi connectivity index (χ3v) is 3.27. The topological polar surface area (TPSA) is 66.4 Å². The van der Waals surface area contributed by atoms with Gasteiger partial charge in [-0.2, -0.15) is 0 Å². The molecule has 22 heavy (non-hydrogen) atoms. The lowest BCUT2D eigenvalue weighted by molar-refractivity contribution is -0.142. The number of rotatable bonds is 9. The van der Waals surface area contributed by atoms with Crippen LogP contribution >= 0.6 is 0 Å². The second-order valence-corrected chi connectivity index (χ2v) is 5.26. The third kappa shape index (κ3) is 6.65. The van der Waals surface area contributed by atoms with Crippen molar-refractivity contribution in [3.63, 3.8) is 0 Å². The SMILES string of the molecule is CCCCCC[C@@H](NC(=O)Cc1cc(F)cc(F)c1)C(=O)O. The molecule has 1 aromatic rings. The smallest absolute Gasteiger partial charge is 0.326 e. The highest BCUT2D eigenvalue weighted by Gasteiger charge is 2.19. The predicted molar refractivity (Wildman–Crippen MR) is 78.4 cm³/mol. The quantitative estimate of drug-likeness (QED) is 0.689. The van der Waals surface area contributed by atoms with E-state index in [1.165, 1.54) is 0 Å². The summed E-state index contributed by atoms with van der Waals surface area (Å²) in [5.41, 5.74) is 0.171. The first-order valence-corrected chi connectivity index (χ1v) is 7.39. The number of nitrogens with one attached hydrogen (secondary N) is 1. The normalized spacial score (nSPS) is 12.0. The summed E-state index contributed by atoms with van der Waals surface area (Å²) in [7, 11) is 0. The van der Waals surface area contributed by atoms with Crippen LogP contribution in [0.3, 0.4) is 0 Å². The Bertz CT molecular complexity index is 500. The Labute approximate surface area is 128 Å². The third-order valence-electron chi connectivity index (χ3n) is 3.27. The molecule has 0 saturated heterocycles. The van der Waals surface area contributed by atoms with Crippen LogP contribution in [0.25, 0.3) is 0 Å². The lowest BCUT2D eigenvalue weighted by Crippen LogP contribution is -2.41. The molecule has 1 rings (SSSR count). The van der Waals surface area contributed by atoms with Gasteiger partial charge in [0.2, 0.25) is 5.91 Å². The number of benzene rings is 1. The van der Waals surface area contributed by atoms with Gasteiger partial charge in [0.1, 0.15) is 17.7 Å². The molecule has 0 radical (unpaired) electrons. The fraction of sp³-hybridized carbons (Fsp3) is 0.500. The van der Waals surface area contributed by atoms with Crippen molar-refractivity contribution < 1.29 is 23.5 Å². The number of carboxylic acids is 1. The van der Waals surface area contributed by atoms with Crippen molar-refractivity contribution in [3.05, 3.63) is 35.4 Å². The summed E-state index contributed by atoms with van der Waals surface area (Å²) in [6, 6.07) is 1.86. The summed E-state index contributed by atoms with van der Waals surface area (Å²) >= 11 is 0. The summed E-state index contributed by atoms with van der Waals surface area (Å²) in [5, 5.41) is 11.5. The van der Waals surface area contributed by atoms with E-state index in [0.717, 1.165) is 37.5 Å². The molecule has 0 saturated carbocycles. The number of carboxylic acid groups (broad SMARTS) is 1. The molecule has 1 amide bonds. The maximum Gasteiger partial charge on any atom is 0.326 e. The summed E-state index contributed by atoms with van der Waals surface area (Å²) in [6.07, 6.45) is 3.76. The van der Waals surface area contributed by atoms with Gasteiger partial charge in [-0.3, -0.25) is 4.79 Å². The number of unbranched alkanes of at least 4 members (excludes halogenated alkanes) is 3. The molecule has 0 bridgehead atoms. The first kappa shape index (κ1) is 18.1. The molecule has 4 nitrogen and oxygen atoms in total. The number of hydrogen-bond acceptors (Lipinski definition) is 2. The standard InChI is InChI=1S/C16H21F2NO3/c1-2-3-4-5-6-14(16(21)22)19-15(20)9-11-7-12(17)10-13(18)8-11/h7-8,10,14H,2-6,9H2,1H3,(H,19,20)(H,21,22)/t14-/m1/s1. The van der Waals surface area contributed by atoms with E-state index in [0.29, 0.717) is 12.8 Å². The van der Waals surface area contributed by atoms with E-state index in [9.17, 15) is 18.4 Å². The van der Waals surface area contributed by atoms with Gasteiger partial charge in [-0.1, -0.05) is 32.6 Å². The van der Waals surface area contributed by atoms with Crippen molar-refractivity contribution in [1.29, 1.82) is 0 Å². The van der Waals surface area contributed by atoms with Gasteiger partial charge < -0.3 is 10.4 Å². The van der Waals surface area contributed by atoms with Gasteiger partial charge in [0, 0.05) is 6.07 Å². The van der Waals surface area contributed by atoms with Gasteiger partial charge in [0.05, 0.1) is 6.42 Å². The highest BCUT2D eigenvalue weighted by atomic mass is 19.1. The lowest BCUT2D eigenvalue weighted by atomic mass is 10.1. The fourth-order valence-corrected chi connectivity index (χ4v) is 2.18. The monoisotopic (exact) mass is 313 g/mol. The van der Waals surface area contributed by atoms with Crippen LogP contribution in [0.5, 0.6) is 0 Å². The Morgan fingerprint density at radius 2 is 1.77 bits per heavy atom. The molecule has 0 spiro atoms. The summed E-state index contributed by atoms with van der Waals surface area (Å²) in [5.74, 6) is -3.20. The van der Waals surface area contributed by atoms with Crippen molar-refractivity contribution in [2.24, 2.45) is 0 Å². The minimum atomic E-state index is -1.10. The van der Waals surface area contributed by atoms with Crippen LogP contribution in [0, 0.1) is 11.6 Å². The molecule has 122 valence electrons. The molecular formula is C16H21F2NO3. The molecule has 1 aromatic carbocycles. The van der Waals surface area contributed by atoms with Crippen molar-refractivity contribution >= 4 is 11.9 Å². The molecule has 0 heterocycles. The van der Waals surface area contributed by atoms with E-state index in [2.05, 4.69) is 12.2 Å². The molecule has 0 aromatic heterocycles. The average Bonchev–Trinajstić information content (AvgIpc) is 2.40. The largest absolute Gasteiger partial charge is 0.480 e. The Balaban J connectivity index is 2.54.